The Bertz CT molecular complexity index is 798. The molecule has 4 nitrogen and oxygen atoms in total. The van der Waals surface area contributed by atoms with Crippen LogP contribution >= 0.6 is 12.4 Å². The van der Waals surface area contributed by atoms with E-state index in [1.54, 1.807) is 0 Å². The van der Waals surface area contributed by atoms with Crippen LogP contribution < -0.4 is 10.5 Å². The van der Waals surface area contributed by atoms with Crippen molar-refractivity contribution in [3.05, 3.63) is 66.4 Å². The van der Waals surface area contributed by atoms with Crippen molar-refractivity contribution in [2.24, 2.45) is 11.7 Å². The van der Waals surface area contributed by atoms with Crippen LogP contribution in [0.1, 0.15) is 25.8 Å². The maximum atomic E-state index is 5.93. The molecule has 1 heterocycles. The molecule has 0 fully saturated rings. The topological polar surface area (TPSA) is 53.1 Å². The predicted molar refractivity (Wildman–Crippen MR) is 109 cm³/mol. The first-order chi connectivity index (χ1) is 12.2. The van der Waals surface area contributed by atoms with E-state index in [0.717, 1.165) is 41.3 Å². The van der Waals surface area contributed by atoms with E-state index >= 15 is 0 Å². The molecule has 26 heavy (non-hydrogen) atoms. The van der Waals surface area contributed by atoms with Crippen LogP contribution in [-0.4, -0.2) is 16.4 Å². The van der Waals surface area contributed by atoms with Crippen LogP contribution in [0.15, 0.2) is 60.8 Å². The van der Waals surface area contributed by atoms with Crippen LogP contribution in [-0.2, 0) is 6.54 Å². The first-order valence-corrected chi connectivity index (χ1v) is 8.74. The minimum Gasteiger partial charge on any atom is -0.494 e. The predicted octanol–water partition coefficient (Wildman–Crippen LogP) is 4.84. The number of benzene rings is 2. The minimum absolute atomic E-state index is 0. The SMILES string of the molecule is CC(C)CCOc1ccc(-c2nn(-c3ccccc3)cc2CN)cc1.Cl. The third-order valence-electron chi connectivity index (χ3n) is 4.12. The monoisotopic (exact) mass is 371 g/mol. The summed E-state index contributed by atoms with van der Waals surface area (Å²) in [7, 11) is 0. The van der Waals surface area contributed by atoms with Gasteiger partial charge in [-0.05, 0) is 48.7 Å². The smallest absolute Gasteiger partial charge is 0.119 e. The number of aromatic nitrogens is 2. The van der Waals surface area contributed by atoms with Crippen molar-refractivity contribution >= 4 is 12.4 Å². The fraction of sp³-hybridized carbons (Fsp3) is 0.286. The third kappa shape index (κ3) is 4.87. The average molecular weight is 372 g/mol. The van der Waals surface area contributed by atoms with Crippen LogP contribution in [0.5, 0.6) is 5.75 Å². The van der Waals surface area contributed by atoms with E-state index in [9.17, 15) is 0 Å². The zero-order valence-corrected chi connectivity index (χ0v) is 16.1. The largest absolute Gasteiger partial charge is 0.494 e. The number of para-hydroxylation sites is 1. The van der Waals surface area contributed by atoms with E-state index in [1.807, 2.05) is 65.5 Å². The Balaban J connectivity index is 0.00000243. The van der Waals surface area contributed by atoms with E-state index in [2.05, 4.69) is 13.8 Å². The standard InChI is InChI=1S/C21H25N3O.ClH/c1-16(2)12-13-25-20-10-8-17(9-11-20)21-18(14-22)15-24(23-21)19-6-4-3-5-7-19;/h3-11,15-16H,12-14,22H2,1-2H3;1H. The molecule has 0 bridgehead atoms. The highest BCUT2D eigenvalue weighted by molar-refractivity contribution is 5.85. The fourth-order valence-electron chi connectivity index (χ4n) is 2.64. The Morgan fingerprint density at radius 1 is 1.04 bits per heavy atom. The second-order valence-corrected chi connectivity index (χ2v) is 6.54. The molecule has 3 aromatic rings. The lowest BCUT2D eigenvalue weighted by Crippen LogP contribution is -2.01. The first kappa shape index (κ1) is 20.0. The number of nitrogens with two attached hydrogens (primary N) is 1. The summed E-state index contributed by atoms with van der Waals surface area (Å²) in [6.45, 7) is 5.59. The quantitative estimate of drug-likeness (QED) is 0.646. The van der Waals surface area contributed by atoms with Gasteiger partial charge in [0.05, 0.1) is 18.0 Å². The van der Waals surface area contributed by atoms with Crippen LogP contribution in [0.3, 0.4) is 0 Å². The van der Waals surface area contributed by atoms with E-state index in [0.29, 0.717) is 12.5 Å². The summed E-state index contributed by atoms with van der Waals surface area (Å²) < 4.78 is 7.67. The van der Waals surface area contributed by atoms with Gasteiger partial charge in [0.15, 0.2) is 0 Å². The van der Waals surface area contributed by atoms with E-state index in [1.165, 1.54) is 0 Å². The van der Waals surface area contributed by atoms with Crippen LogP contribution in [0, 0.1) is 5.92 Å². The van der Waals surface area contributed by atoms with Crippen LogP contribution in [0.4, 0.5) is 0 Å². The molecule has 0 aliphatic rings. The van der Waals surface area contributed by atoms with Crippen molar-refractivity contribution in [1.82, 2.24) is 9.78 Å². The zero-order valence-electron chi connectivity index (χ0n) is 15.3. The Morgan fingerprint density at radius 2 is 1.73 bits per heavy atom. The van der Waals surface area contributed by atoms with E-state index in [4.69, 9.17) is 15.6 Å². The summed E-state index contributed by atoms with van der Waals surface area (Å²) >= 11 is 0. The molecule has 3 rings (SSSR count). The highest BCUT2D eigenvalue weighted by atomic mass is 35.5. The molecule has 0 aliphatic heterocycles. The van der Waals surface area contributed by atoms with Crippen LogP contribution in [0.25, 0.3) is 16.9 Å². The molecule has 1 aromatic heterocycles. The molecule has 0 unspecified atom stereocenters. The molecular weight excluding hydrogens is 346 g/mol. The highest BCUT2D eigenvalue weighted by Gasteiger charge is 2.11. The Kier molecular flexibility index (Phi) is 7.25. The molecule has 5 heteroatoms. The molecule has 0 radical (unpaired) electrons. The summed E-state index contributed by atoms with van der Waals surface area (Å²) in [4.78, 5) is 0. The average Bonchev–Trinajstić information content (AvgIpc) is 3.07. The summed E-state index contributed by atoms with van der Waals surface area (Å²) in [5, 5.41) is 4.73. The van der Waals surface area contributed by atoms with Gasteiger partial charge in [0.2, 0.25) is 0 Å². The van der Waals surface area contributed by atoms with Crippen molar-refractivity contribution in [1.29, 1.82) is 0 Å². The molecule has 2 N–H and O–H groups in total. The van der Waals surface area contributed by atoms with Gasteiger partial charge >= 0.3 is 0 Å². The maximum absolute atomic E-state index is 5.93. The van der Waals surface area contributed by atoms with Crippen molar-refractivity contribution in [2.75, 3.05) is 6.61 Å². The Morgan fingerprint density at radius 3 is 2.35 bits per heavy atom. The number of halogens is 1. The highest BCUT2D eigenvalue weighted by Crippen LogP contribution is 2.25. The molecule has 2 aromatic carbocycles. The van der Waals surface area contributed by atoms with Crippen molar-refractivity contribution in [2.45, 2.75) is 26.8 Å². The van der Waals surface area contributed by atoms with Crippen molar-refractivity contribution in [3.63, 3.8) is 0 Å². The lowest BCUT2D eigenvalue weighted by molar-refractivity contribution is 0.289. The lowest BCUT2D eigenvalue weighted by Gasteiger charge is -2.08. The number of rotatable bonds is 7. The van der Waals surface area contributed by atoms with Crippen molar-refractivity contribution < 1.29 is 4.74 Å². The normalized spacial score (nSPS) is 10.6. The van der Waals surface area contributed by atoms with Gasteiger partial charge in [-0.1, -0.05) is 32.0 Å². The van der Waals surface area contributed by atoms with Gasteiger partial charge in [-0.2, -0.15) is 5.10 Å². The molecule has 0 spiro atoms. The number of nitrogens with zero attached hydrogens (tertiary/aromatic N) is 2. The number of hydrogen-bond acceptors (Lipinski definition) is 3. The zero-order chi connectivity index (χ0) is 17.6. The fourth-order valence-corrected chi connectivity index (χ4v) is 2.64. The van der Waals surface area contributed by atoms with Gasteiger partial charge in [-0.25, -0.2) is 4.68 Å². The first-order valence-electron chi connectivity index (χ1n) is 8.74. The molecule has 0 saturated heterocycles. The van der Waals surface area contributed by atoms with Gasteiger partial charge in [0.1, 0.15) is 5.75 Å². The lowest BCUT2D eigenvalue weighted by atomic mass is 10.1. The Labute approximate surface area is 161 Å². The summed E-state index contributed by atoms with van der Waals surface area (Å²) in [5.41, 5.74) is 9.94. The van der Waals surface area contributed by atoms with E-state index in [-0.39, 0.29) is 12.4 Å². The van der Waals surface area contributed by atoms with Gasteiger partial charge < -0.3 is 10.5 Å². The summed E-state index contributed by atoms with van der Waals surface area (Å²) in [6.07, 6.45) is 3.05. The van der Waals surface area contributed by atoms with Gasteiger partial charge in [0, 0.05) is 23.9 Å². The molecule has 0 amide bonds. The molecule has 0 saturated carbocycles. The summed E-state index contributed by atoms with van der Waals surface area (Å²) in [5.74, 6) is 1.54. The summed E-state index contributed by atoms with van der Waals surface area (Å²) in [6, 6.07) is 18.1. The van der Waals surface area contributed by atoms with Gasteiger partial charge in [-0.3, -0.25) is 0 Å². The maximum Gasteiger partial charge on any atom is 0.119 e. The molecular formula is C21H26ClN3O. The second-order valence-electron chi connectivity index (χ2n) is 6.54. The van der Waals surface area contributed by atoms with Gasteiger partial charge in [0.25, 0.3) is 0 Å². The molecule has 138 valence electrons. The van der Waals surface area contributed by atoms with Crippen molar-refractivity contribution in [3.8, 4) is 22.7 Å². The van der Waals surface area contributed by atoms with Gasteiger partial charge in [-0.15, -0.1) is 12.4 Å². The number of hydrogen-bond donors (Lipinski definition) is 1. The number of ether oxygens (including phenoxy) is 1. The van der Waals surface area contributed by atoms with Crippen LogP contribution in [0.2, 0.25) is 0 Å². The van der Waals surface area contributed by atoms with E-state index < -0.39 is 0 Å². The molecule has 0 atom stereocenters. The minimum atomic E-state index is 0. The Hall–Kier alpha value is -2.30. The second kappa shape index (κ2) is 9.41. The third-order valence-corrected chi connectivity index (χ3v) is 4.12. The molecule has 0 aliphatic carbocycles.